The molecular formula is C11H15F3N2O. The monoisotopic (exact) mass is 248 g/mol. The van der Waals surface area contributed by atoms with Gasteiger partial charge in [-0.2, -0.15) is 13.2 Å². The van der Waals surface area contributed by atoms with Crippen molar-refractivity contribution in [2.45, 2.75) is 18.7 Å². The number of alkyl halides is 3. The van der Waals surface area contributed by atoms with E-state index >= 15 is 0 Å². The first-order chi connectivity index (χ1) is 7.89. The minimum atomic E-state index is -4.55. The Morgan fingerprint density at radius 2 is 1.94 bits per heavy atom. The molecule has 6 heteroatoms. The molecule has 1 aromatic heterocycles. The van der Waals surface area contributed by atoms with Crippen LogP contribution in [0, 0.1) is 0 Å². The molecule has 17 heavy (non-hydrogen) atoms. The predicted octanol–water partition coefficient (Wildman–Crippen LogP) is 1.48. The molecule has 0 amide bonds. The quantitative estimate of drug-likeness (QED) is 0.857. The van der Waals surface area contributed by atoms with Crippen molar-refractivity contribution in [1.82, 2.24) is 9.88 Å². The van der Waals surface area contributed by atoms with E-state index in [0.717, 1.165) is 5.56 Å². The normalized spacial score (nSPS) is 14.0. The van der Waals surface area contributed by atoms with Crippen LogP contribution in [0.15, 0.2) is 24.5 Å². The van der Waals surface area contributed by atoms with Gasteiger partial charge in [-0.15, -0.1) is 0 Å². The lowest BCUT2D eigenvalue weighted by molar-refractivity contribution is -0.207. The first-order valence-corrected chi connectivity index (χ1v) is 5.22. The smallest absolute Gasteiger partial charge is 0.382 e. The van der Waals surface area contributed by atoms with Crippen molar-refractivity contribution < 1.29 is 18.3 Å². The number of aliphatic hydroxyl groups excluding tert-OH is 1. The van der Waals surface area contributed by atoms with Crippen LogP contribution >= 0.6 is 0 Å². The zero-order valence-electron chi connectivity index (χ0n) is 9.48. The van der Waals surface area contributed by atoms with Crippen LogP contribution in [0.4, 0.5) is 13.2 Å². The molecule has 0 aliphatic rings. The Bertz CT molecular complexity index is 329. The average molecular weight is 248 g/mol. The topological polar surface area (TPSA) is 36.4 Å². The fourth-order valence-electron chi connectivity index (χ4n) is 1.36. The van der Waals surface area contributed by atoms with E-state index < -0.39 is 18.8 Å². The number of rotatable bonds is 5. The van der Waals surface area contributed by atoms with Gasteiger partial charge in [-0.3, -0.25) is 4.98 Å². The van der Waals surface area contributed by atoms with Crippen molar-refractivity contribution in [1.29, 1.82) is 0 Å². The Kier molecular flexibility index (Phi) is 4.89. The number of hydrogen-bond acceptors (Lipinski definition) is 3. The summed E-state index contributed by atoms with van der Waals surface area (Å²) >= 11 is 0. The van der Waals surface area contributed by atoms with Gasteiger partial charge in [-0.25, -0.2) is 0 Å². The summed E-state index contributed by atoms with van der Waals surface area (Å²) in [5.74, 6) is 0. The predicted molar refractivity (Wildman–Crippen MR) is 57.5 cm³/mol. The molecule has 1 aromatic rings. The second kappa shape index (κ2) is 5.97. The maximum absolute atomic E-state index is 12.1. The number of hydrogen-bond donors (Lipinski definition) is 1. The molecule has 0 radical (unpaired) electrons. The summed E-state index contributed by atoms with van der Waals surface area (Å²) in [5.41, 5.74) is 1.01. The van der Waals surface area contributed by atoms with Gasteiger partial charge in [0, 0.05) is 25.5 Å². The molecule has 96 valence electrons. The molecule has 1 atom stereocenters. The SMILES string of the molecule is CN(CCc1ccncc1)CC(O)C(F)(F)F. The molecule has 0 aliphatic heterocycles. The fraction of sp³-hybridized carbons (Fsp3) is 0.545. The number of likely N-dealkylation sites (N-methyl/N-ethyl adjacent to an activating group) is 1. The third-order valence-corrected chi connectivity index (χ3v) is 2.39. The van der Waals surface area contributed by atoms with Crippen LogP contribution in [-0.4, -0.2) is 47.4 Å². The van der Waals surface area contributed by atoms with E-state index in [1.54, 1.807) is 19.4 Å². The minimum Gasteiger partial charge on any atom is -0.382 e. The number of aliphatic hydroxyl groups is 1. The summed E-state index contributed by atoms with van der Waals surface area (Å²) in [6.45, 7) is 0.0474. The van der Waals surface area contributed by atoms with E-state index in [1.807, 2.05) is 12.1 Å². The van der Waals surface area contributed by atoms with E-state index in [0.29, 0.717) is 13.0 Å². The second-order valence-corrected chi connectivity index (χ2v) is 3.93. The fourth-order valence-corrected chi connectivity index (χ4v) is 1.36. The molecule has 0 bridgehead atoms. The standard InChI is InChI=1S/C11H15F3N2O/c1-16(8-10(17)11(12,13)14)7-4-9-2-5-15-6-3-9/h2-3,5-6,10,17H,4,7-8H2,1H3. The van der Waals surface area contributed by atoms with Crippen LogP contribution in [0.25, 0.3) is 0 Å². The molecule has 0 spiro atoms. The van der Waals surface area contributed by atoms with E-state index in [4.69, 9.17) is 5.11 Å². The number of halogens is 3. The highest BCUT2D eigenvalue weighted by atomic mass is 19.4. The Balaban J connectivity index is 2.33. The van der Waals surface area contributed by atoms with Gasteiger partial charge < -0.3 is 10.0 Å². The van der Waals surface area contributed by atoms with Gasteiger partial charge in [0.15, 0.2) is 6.10 Å². The number of pyridine rings is 1. The maximum Gasteiger partial charge on any atom is 0.415 e. The molecule has 0 aliphatic carbocycles. The summed E-state index contributed by atoms with van der Waals surface area (Å²) < 4.78 is 36.3. The van der Waals surface area contributed by atoms with Gasteiger partial charge in [-0.05, 0) is 31.2 Å². The molecule has 1 unspecified atom stereocenters. The molecule has 0 aromatic carbocycles. The van der Waals surface area contributed by atoms with Gasteiger partial charge in [0.1, 0.15) is 0 Å². The molecular weight excluding hydrogens is 233 g/mol. The summed E-state index contributed by atoms with van der Waals surface area (Å²) in [6.07, 6.45) is -2.93. The van der Waals surface area contributed by atoms with Gasteiger partial charge in [-0.1, -0.05) is 0 Å². The molecule has 3 nitrogen and oxygen atoms in total. The third-order valence-electron chi connectivity index (χ3n) is 2.39. The van der Waals surface area contributed by atoms with Crippen molar-refractivity contribution in [3.05, 3.63) is 30.1 Å². The van der Waals surface area contributed by atoms with Crippen LogP contribution in [0.3, 0.4) is 0 Å². The van der Waals surface area contributed by atoms with Crippen LogP contribution in [0.1, 0.15) is 5.56 Å². The lowest BCUT2D eigenvalue weighted by Gasteiger charge is -2.22. The van der Waals surface area contributed by atoms with Crippen molar-refractivity contribution in [2.24, 2.45) is 0 Å². The Morgan fingerprint density at radius 3 is 2.47 bits per heavy atom. The van der Waals surface area contributed by atoms with Crippen LogP contribution in [0.5, 0.6) is 0 Å². The second-order valence-electron chi connectivity index (χ2n) is 3.93. The van der Waals surface area contributed by atoms with E-state index in [9.17, 15) is 13.2 Å². The van der Waals surface area contributed by atoms with Crippen LogP contribution in [-0.2, 0) is 6.42 Å². The zero-order chi connectivity index (χ0) is 12.9. The van der Waals surface area contributed by atoms with Gasteiger partial charge in [0.25, 0.3) is 0 Å². The summed E-state index contributed by atoms with van der Waals surface area (Å²) in [5, 5.41) is 8.88. The first-order valence-electron chi connectivity index (χ1n) is 5.22. The molecule has 1 rings (SSSR count). The highest BCUT2D eigenvalue weighted by Crippen LogP contribution is 2.20. The van der Waals surface area contributed by atoms with Crippen molar-refractivity contribution in [3.8, 4) is 0 Å². The molecule has 1 heterocycles. The summed E-state index contributed by atoms with van der Waals surface area (Å²) in [4.78, 5) is 5.31. The average Bonchev–Trinajstić information content (AvgIpc) is 2.26. The highest BCUT2D eigenvalue weighted by molar-refractivity contribution is 5.09. The molecule has 0 saturated carbocycles. The van der Waals surface area contributed by atoms with Crippen molar-refractivity contribution in [3.63, 3.8) is 0 Å². The van der Waals surface area contributed by atoms with E-state index in [1.165, 1.54) is 4.90 Å². The first kappa shape index (κ1) is 13.9. The van der Waals surface area contributed by atoms with Crippen LogP contribution < -0.4 is 0 Å². The lowest BCUT2D eigenvalue weighted by atomic mass is 10.2. The van der Waals surface area contributed by atoms with Gasteiger partial charge >= 0.3 is 6.18 Å². The van der Waals surface area contributed by atoms with Crippen molar-refractivity contribution in [2.75, 3.05) is 20.1 Å². The maximum atomic E-state index is 12.1. The molecule has 0 fully saturated rings. The number of aromatic nitrogens is 1. The lowest BCUT2D eigenvalue weighted by Crippen LogP contribution is -2.40. The van der Waals surface area contributed by atoms with Gasteiger partial charge in [0.2, 0.25) is 0 Å². The van der Waals surface area contributed by atoms with Crippen molar-refractivity contribution >= 4 is 0 Å². The largest absolute Gasteiger partial charge is 0.415 e. The molecule has 0 saturated heterocycles. The summed E-state index contributed by atoms with van der Waals surface area (Å²) in [7, 11) is 1.55. The Hall–Kier alpha value is -1.14. The third kappa shape index (κ3) is 5.14. The van der Waals surface area contributed by atoms with E-state index in [-0.39, 0.29) is 0 Å². The summed E-state index contributed by atoms with van der Waals surface area (Å²) in [6, 6.07) is 3.63. The minimum absolute atomic E-state index is 0.408. The van der Waals surface area contributed by atoms with Crippen LogP contribution in [0.2, 0.25) is 0 Å². The molecule has 1 N–H and O–H groups in total. The highest BCUT2D eigenvalue weighted by Gasteiger charge is 2.38. The van der Waals surface area contributed by atoms with Gasteiger partial charge in [0.05, 0.1) is 0 Å². The van der Waals surface area contributed by atoms with E-state index in [2.05, 4.69) is 4.98 Å². The zero-order valence-corrected chi connectivity index (χ0v) is 9.48. The Labute approximate surface area is 97.9 Å². The number of nitrogens with zero attached hydrogens (tertiary/aromatic N) is 2. The Morgan fingerprint density at radius 1 is 1.35 bits per heavy atom.